The van der Waals surface area contributed by atoms with Crippen molar-refractivity contribution in [2.75, 3.05) is 31.1 Å². The highest BCUT2D eigenvalue weighted by Gasteiger charge is 2.34. The molecule has 1 aliphatic carbocycles. The van der Waals surface area contributed by atoms with Crippen LogP contribution in [0.1, 0.15) is 80.5 Å². The van der Waals surface area contributed by atoms with Gasteiger partial charge in [-0.1, -0.05) is 59.4 Å². The molecule has 0 atom stereocenters. The number of fused-ring (bicyclic) bond motifs is 1. The number of anilines is 1. The molecule has 2 heterocycles. The summed E-state index contributed by atoms with van der Waals surface area (Å²) in [5, 5.41) is 0. The minimum atomic E-state index is 0.121. The first-order chi connectivity index (χ1) is 19.8. The Morgan fingerprint density at radius 2 is 1.64 bits per heavy atom. The van der Waals surface area contributed by atoms with E-state index in [9.17, 15) is 0 Å². The fraction of sp³-hybridized carbons (Fsp3) is 0.432. The molecule has 42 heavy (non-hydrogen) atoms. The first-order valence-corrected chi connectivity index (χ1v) is 15.3. The molecule has 0 saturated carbocycles. The lowest BCUT2D eigenvalue weighted by Crippen LogP contribution is -2.46. The number of aliphatic imine (C=N–C) groups is 1. The molecular formula is C37H47N5. The van der Waals surface area contributed by atoms with Crippen LogP contribution in [0.4, 0.5) is 5.82 Å². The molecule has 0 bridgehead atoms. The fourth-order valence-corrected chi connectivity index (χ4v) is 6.54. The second-order valence-corrected chi connectivity index (χ2v) is 13.8. The van der Waals surface area contributed by atoms with E-state index in [1.807, 2.05) is 18.6 Å². The maximum absolute atomic E-state index is 4.89. The predicted molar refractivity (Wildman–Crippen MR) is 179 cm³/mol. The van der Waals surface area contributed by atoms with Gasteiger partial charge in [0, 0.05) is 43.0 Å². The third-order valence-electron chi connectivity index (χ3n) is 9.02. The van der Waals surface area contributed by atoms with Crippen LogP contribution in [0, 0.1) is 20.8 Å². The second-order valence-electron chi connectivity index (χ2n) is 13.8. The van der Waals surface area contributed by atoms with Gasteiger partial charge in [-0.15, -0.1) is 0 Å². The van der Waals surface area contributed by atoms with Crippen molar-refractivity contribution in [3.05, 3.63) is 94.0 Å². The van der Waals surface area contributed by atoms with Gasteiger partial charge >= 0.3 is 0 Å². The molecule has 2 aliphatic rings. The molecule has 3 aromatic rings. The first kappa shape index (κ1) is 29.8. The van der Waals surface area contributed by atoms with E-state index in [-0.39, 0.29) is 5.41 Å². The molecule has 5 nitrogen and oxygen atoms in total. The van der Waals surface area contributed by atoms with Crippen LogP contribution in [0.5, 0.6) is 0 Å². The highest BCUT2D eigenvalue weighted by molar-refractivity contribution is 5.84. The van der Waals surface area contributed by atoms with Crippen LogP contribution in [0.3, 0.4) is 0 Å². The predicted octanol–water partition coefficient (Wildman–Crippen LogP) is 7.97. The van der Waals surface area contributed by atoms with Crippen LogP contribution in [-0.2, 0) is 17.3 Å². The van der Waals surface area contributed by atoms with Gasteiger partial charge < -0.3 is 9.80 Å². The highest BCUT2D eigenvalue weighted by Crippen LogP contribution is 2.43. The largest absolute Gasteiger partial charge is 0.367 e. The molecular weight excluding hydrogens is 514 g/mol. The van der Waals surface area contributed by atoms with Gasteiger partial charge in [-0.25, -0.2) is 4.98 Å². The van der Waals surface area contributed by atoms with E-state index >= 15 is 0 Å². The molecule has 2 aromatic carbocycles. The molecule has 1 aliphatic heterocycles. The number of nitrogens with zero attached hydrogens (tertiary/aromatic N) is 5. The monoisotopic (exact) mass is 561 g/mol. The molecule has 0 amide bonds. The van der Waals surface area contributed by atoms with Gasteiger partial charge in [0.05, 0.1) is 30.0 Å². The van der Waals surface area contributed by atoms with Gasteiger partial charge in [0.15, 0.2) is 0 Å². The summed E-state index contributed by atoms with van der Waals surface area (Å²) in [6.07, 6.45) is 9.00. The quantitative estimate of drug-likeness (QED) is 0.286. The van der Waals surface area contributed by atoms with Crippen molar-refractivity contribution >= 4 is 17.7 Å². The van der Waals surface area contributed by atoms with Gasteiger partial charge in [0.1, 0.15) is 5.82 Å². The Labute approximate surface area is 253 Å². The molecule has 0 unspecified atom stereocenters. The average Bonchev–Trinajstić information content (AvgIpc) is 2.95. The van der Waals surface area contributed by atoms with Crippen molar-refractivity contribution in [2.24, 2.45) is 4.99 Å². The van der Waals surface area contributed by atoms with Crippen molar-refractivity contribution in [1.29, 1.82) is 0 Å². The zero-order chi connectivity index (χ0) is 30.4. The zero-order valence-corrected chi connectivity index (χ0v) is 27.1. The Hall–Kier alpha value is -3.73. The van der Waals surface area contributed by atoms with E-state index in [1.165, 1.54) is 44.5 Å². The van der Waals surface area contributed by atoms with Crippen molar-refractivity contribution in [2.45, 2.75) is 79.6 Å². The normalized spacial score (nSPS) is 16.9. The number of rotatable bonds is 6. The zero-order valence-electron chi connectivity index (χ0n) is 27.1. The smallest absolute Gasteiger partial charge is 0.147 e. The van der Waals surface area contributed by atoms with E-state index in [0.29, 0.717) is 5.41 Å². The molecule has 5 rings (SSSR count). The summed E-state index contributed by atoms with van der Waals surface area (Å²) in [4.78, 5) is 19.1. The Bertz CT molecular complexity index is 1560. The summed E-state index contributed by atoms with van der Waals surface area (Å²) in [6, 6.07) is 9.25. The summed E-state index contributed by atoms with van der Waals surface area (Å²) in [6.45, 7) is 27.9. The first-order valence-electron chi connectivity index (χ1n) is 15.3. The Morgan fingerprint density at radius 3 is 2.24 bits per heavy atom. The van der Waals surface area contributed by atoms with Crippen molar-refractivity contribution in [1.82, 2.24) is 14.9 Å². The molecule has 0 N–H and O–H groups in total. The Balaban J connectivity index is 1.20. The number of benzene rings is 2. The number of hydrogen-bond acceptors (Lipinski definition) is 5. The lowest BCUT2D eigenvalue weighted by molar-refractivity contribution is 0.337. The number of allylic oxidation sites excluding steroid dienone is 2. The lowest BCUT2D eigenvalue weighted by atomic mass is 9.65. The summed E-state index contributed by atoms with van der Waals surface area (Å²) in [5.74, 6) is 0.932. The number of hydrogen-bond donors (Lipinski definition) is 0. The van der Waals surface area contributed by atoms with Gasteiger partial charge in [0.25, 0.3) is 0 Å². The maximum atomic E-state index is 4.89. The van der Waals surface area contributed by atoms with Gasteiger partial charge in [-0.05, 0) is 90.5 Å². The summed E-state index contributed by atoms with van der Waals surface area (Å²) < 4.78 is 0. The van der Waals surface area contributed by atoms with Gasteiger partial charge in [-0.3, -0.25) is 9.98 Å². The summed E-state index contributed by atoms with van der Waals surface area (Å²) >= 11 is 0. The lowest BCUT2D eigenvalue weighted by Gasteiger charge is -2.39. The van der Waals surface area contributed by atoms with E-state index in [0.717, 1.165) is 55.5 Å². The van der Waals surface area contributed by atoms with Crippen LogP contribution < -0.4 is 4.90 Å². The average molecular weight is 562 g/mol. The number of piperazine rings is 1. The van der Waals surface area contributed by atoms with Gasteiger partial charge in [0.2, 0.25) is 0 Å². The number of aromatic nitrogens is 2. The van der Waals surface area contributed by atoms with Crippen LogP contribution in [0.2, 0.25) is 0 Å². The second kappa shape index (κ2) is 11.2. The topological polar surface area (TPSA) is 44.6 Å². The minimum absolute atomic E-state index is 0.121. The molecule has 220 valence electrons. The molecule has 1 fully saturated rings. The molecule has 5 heteroatoms. The Kier molecular flexibility index (Phi) is 7.91. The van der Waals surface area contributed by atoms with Gasteiger partial charge in [-0.2, -0.15) is 0 Å². The summed E-state index contributed by atoms with van der Waals surface area (Å²) in [7, 11) is 0. The van der Waals surface area contributed by atoms with E-state index < -0.39 is 0 Å². The summed E-state index contributed by atoms with van der Waals surface area (Å²) in [5.41, 5.74) is 13.8. The maximum Gasteiger partial charge on any atom is 0.147 e. The van der Waals surface area contributed by atoms with Crippen molar-refractivity contribution in [3.8, 4) is 11.3 Å². The van der Waals surface area contributed by atoms with Crippen molar-refractivity contribution in [3.63, 3.8) is 0 Å². The molecule has 0 spiro atoms. The Morgan fingerprint density at radius 1 is 0.929 bits per heavy atom. The van der Waals surface area contributed by atoms with Crippen LogP contribution in [0.25, 0.3) is 17.0 Å². The molecule has 0 radical (unpaired) electrons. The molecule has 1 saturated heterocycles. The van der Waals surface area contributed by atoms with Crippen LogP contribution >= 0.6 is 0 Å². The SMILES string of the molecule is C=C(C=N/C(=C\C)c1cc(C)c(C(C)(C)C)cc1C)N1CCN(c2cnc(-c3cc4c(cc3C)C(C)(C)C4)cn2)CC1. The third kappa shape index (κ3) is 5.79. The highest BCUT2D eigenvalue weighted by atomic mass is 15.3. The third-order valence-corrected chi connectivity index (χ3v) is 9.02. The van der Waals surface area contributed by atoms with E-state index in [4.69, 9.17) is 15.0 Å². The number of aryl methyl sites for hydroxylation is 3. The minimum Gasteiger partial charge on any atom is -0.367 e. The standard InChI is InChI=1S/C37H47N5/c1-11-33(29-16-26(4)31(17-24(29)2)36(6,7)8)38-21-27(5)41-12-14-42(15-13-41)35-23-39-34(22-40-35)30-19-28-20-37(9,10)32(28)18-25(30)3/h11,16-19,21-23H,5,12-15,20H2,1-4,6-10H3/b33-11-,38-21?. The van der Waals surface area contributed by atoms with E-state index in [2.05, 4.69) is 109 Å². The fourth-order valence-electron chi connectivity index (χ4n) is 6.54. The van der Waals surface area contributed by atoms with Crippen LogP contribution in [-0.4, -0.2) is 47.3 Å². The molecule has 1 aromatic heterocycles. The van der Waals surface area contributed by atoms with E-state index in [1.54, 1.807) is 0 Å². The van der Waals surface area contributed by atoms with Crippen molar-refractivity contribution < 1.29 is 0 Å². The van der Waals surface area contributed by atoms with Crippen LogP contribution in [0.15, 0.2) is 60.0 Å².